The van der Waals surface area contributed by atoms with Crippen LogP contribution in [0.25, 0.3) is 122 Å². The number of benzene rings is 8. The second-order valence-electron chi connectivity index (χ2n) is 14.4. The van der Waals surface area contributed by atoms with Crippen LogP contribution >= 0.6 is 0 Å². The molecule has 13 rings (SSSR count). The molecule has 0 bridgehead atoms. The summed E-state index contributed by atoms with van der Waals surface area (Å²) in [5, 5.41) is 13.4. The molecule has 55 heavy (non-hydrogen) atoms. The molecule has 8 aromatic carbocycles. The van der Waals surface area contributed by atoms with Gasteiger partial charge in [-0.05, 0) is 93.7 Å². The van der Waals surface area contributed by atoms with Crippen molar-refractivity contribution in [3.63, 3.8) is 0 Å². The van der Waals surface area contributed by atoms with Crippen LogP contribution in [0.5, 0.6) is 0 Å². The zero-order valence-electron chi connectivity index (χ0n) is 29.2. The molecule has 0 radical (unpaired) electrons. The summed E-state index contributed by atoms with van der Waals surface area (Å²) in [5.74, 6) is 1.17. The van der Waals surface area contributed by atoms with Crippen LogP contribution in [0.2, 0.25) is 0 Å². The Kier molecular flexibility index (Phi) is 5.54. The number of hydrogen-bond donors (Lipinski definition) is 0. The van der Waals surface area contributed by atoms with Crippen LogP contribution in [0.4, 0.5) is 0 Å². The fraction of sp³-hybridized carbons (Fsp3) is 0. The molecule has 6 nitrogen and oxygen atoms in total. The van der Waals surface area contributed by atoms with E-state index in [0.29, 0.717) is 11.6 Å². The van der Waals surface area contributed by atoms with E-state index in [1.54, 1.807) is 0 Å². The van der Waals surface area contributed by atoms with Crippen LogP contribution in [0.3, 0.4) is 0 Å². The Balaban J connectivity index is 0.963. The Labute approximate surface area is 313 Å². The average molecular weight is 702 g/mol. The Bertz CT molecular complexity index is 3610. The molecule has 0 saturated heterocycles. The molecule has 0 N–H and O–H groups in total. The van der Waals surface area contributed by atoms with E-state index >= 15 is 0 Å². The number of rotatable bonds is 3. The van der Waals surface area contributed by atoms with Gasteiger partial charge in [-0.3, -0.25) is 0 Å². The van der Waals surface area contributed by atoms with E-state index in [1.165, 1.54) is 54.8 Å². The van der Waals surface area contributed by atoms with Gasteiger partial charge in [0, 0.05) is 43.7 Å². The van der Waals surface area contributed by atoms with Crippen LogP contribution in [0.1, 0.15) is 0 Å². The number of fused-ring (bicyclic) bond motifs is 9. The summed E-state index contributed by atoms with van der Waals surface area (Å²) in [6.45, 7) is 0. The van der Waals surface area contributed by atoms with Gasteiger partial charge in [0.25, 0.3) is 5.78 Å². The fourth-order valence-electron chi connectivity index (χ4n) is 9.14. The second kappa shape index (κ2) is 10.5. The fourth-order valence-corrected chi connectivity index (χ4v) is 9.14. The van der Waals surface area contributed by atoms with Gasteiger partial charge < -0.3 is 8.98 Å². The Morgan fingerprint density at radius 2 is 1.11 bits per heavy atom. The standard InChI is InChI=1S/C49H27N5O/c1-2-11-33-32(10-1)36-14-7-9-28-22-26-41-46(44(28)36)45-37(33)15-8-17-40(45)53(41)31-23-19-29(20-24-31)48-51-49-50-47(38-13-3-5-16-39(38)54(49)52-48)30-21-25-35-34-12-4-6-18-42(34)55-43(35)27-30/h1-27H. The Morgan fingerprint density at radius 3 is 1.98 bits per heavy atom. The number of hydrogen-bond acceptors (Lipinski definition) is 4. The zero-order chi connectivity index (χ0) is 35.8. The third kappa shape index (κ3) is 3.89. The molecule has 1 aliphatic carbocycles. The SMILES string of the molecule is c1ccc2c(c1)-c1cccc3ccc4c(c13)c1c-2cccc1n4-c1ccc(-c2nc3nc(-c4ccc5c(c4)oc4ccccc45)c4ccccc4n3n2)cc1. The average Bonchev–Trinajstić information content (AvgIpc) is 3.92. The molecule has 4 heterocycles. The first kappa shape index (κ1) is 28.9. The lowest BCUT2D eigenvalue weighted by Gasteiger charge is -2.13. The number of para-hydroxylation sites is 2. The summed E-state index contributed by atoms with van der Waals surface area (Å²) in [5.41, 5.74) is 14.0. The van der Waals surface area contributed by atoms with Gasteiger partial charge in [0.15, 0.2) is 5.82 Å². The molecule has 0 atom stereocenters. The first-order valence-electron chi connectivity index (χ1n) is 18.5. The van der Waals surface area contributed by atoms with Gasteiger partial charge in [-0.25, -0.2) is 4.98 Å². The van der Waals surface area contributed by atoms with Gasteiger partial charge in [-0.2, -0.15) is 9.50 Å². The predicted molar refractivity (Wildman–Crippen MR) is 223 cm³/mol. The first-order chi connectivity index (χ1) is 27.3. The Hall–Kier alpha value is -7.57. The molecule has 12 aromatic rings. The zero-order valence-corrected chi connectivity index (χ0v) is 29.2. The van der Waals surface area contributed by atoms with Gasteiger partial charge in [0.05, 0.1) is 22.2 Å². The molecule has 0 spiro atoms. The highest BCUT2D eigenvalue weighted by Crippen LogP contribution is 2.49. The lowest BCUT2D eigenvalue weighted by Crippen LogP contribution is -1.97. The molecule has 0 unspecified atom stereocenters. The topological polar surface area (TPSA) is 61.2 Å². The van der Waals surface area contributed by atoms with Gasteiger partial charge in [0.2, 0.25) is 0 Å². The van der Waals surface area contributed by atoms with Crippen molar-refractivity contribution in [2.75, 3.05) is 0 Å². The molecule has 0 amide bonds. The minimum Gasteiger partial charge on any atom is -0.456 e. The minimum absolute atomic E-state index is 0.546. The van der Waals surface area contributed by atoms with Crippen molar-refractivity contribution in [1.82, 2.24) is 24.1 Å². The summed E-state index contributed by atoms with van der Waals surface area (Å²) in [6, 6.07) is 58.1. The molecule has 4 aromatic heterocycles. The quantitative estimate of drug-likeness (QED) is 0.184. The third-order valence-electron chi connectivity index (χ3n) is 11.5. The minimum atomic E-state index is 0.546. The van der Waals surface area contributed by atoms with E-state index in [4.69, 9.17) is 19.5 Å². The smallest absolute Gasteiger partial charge is 0.253 e. The molecule has 0 fully saturated rings. The molecule has 6 heteroatoms. The van der Waals surface area contributed by atoms with Crippen molar-refractivity contribution in [3.8, 4) is 50.6 Å². The van der Waals surface area contributed by atoms with E-state index in [9.17, 15) is 0 Å². The second-order valence-corrected chi connectivity index (χ2v) is 14.4. The largest absolute Gasteiger partial charge is 0.456 e. The van der Waals surface area contributed by atoms with Gasteiger partial charge in [-0.1, -0.05) is 103 Å². The van der Waals surface area contributed by atoms with Gasteiger partial charge >= 0.3 is 0 Å². The maximum absolute atomic E-state index is 6.24. The summed E-state index contributed by atoms with van der Waals surface area (Å²) in [7, 11) is 0. The van der Waals surface area contributed by atoms with Gasteiger partial charge in [0.1, 0.15) is 11.2 Å². The molecular formula is C49H27N5O. The number of aromatic nitrogens is 5. The highest BCUT2D eigenvalue weighted by Gasteiger charge is 2.25. The molecule has 254 valence electrons. The van der Waals surface area contributed by atoms with Crippen molar-refractivity contribution < 1.29 is 4.42 Å². The molecule has 0 saturated carbocycles. The van der Waals surface area contributed by atoms with E-state index in [2.05, 4.69) is 138 Å². The van der Waals surface area contributed by atoms with Crippen molar-refractivity contribution in [2.45, 2.75) is 0 Å². The number of furan rings is 1. The summed E-state index contributed by atoms with van der Waals surface area (Å²) in [4.78, 5) is 10.1. The highest BCUT2D eigenvalue weighted by atomic mass is 16.3. The summed E-state index contributed by atoms with van der Waals surface area (Å²) < 4.78 is 10.5. The van der Waals surface area contributed by atoms with Crippen molar-refractivity contribution >= 4 is 71.2 Å². The maximum atomic E-state index is 6.24. The van der Waals surface area contributed by atoms with E-state index in [-0.39, 0.29) is 0 Å². The Morgan fingerprint density at radius 1 is 0.436 bits per heavy atom. The van der Waals surface area contributed by atoms with Crippen LogP contribution < -0.4 is 0 Å². The van der Waals surface area contributed by atoms with Crippen LogP contribution in [-0.4, -0.2) is 24.1 Å². The van der Waals surface area contributed by atoms with Crippen molar-refractivity contribution in [1.29, 1.82) is 0 Å². The van der Waals surface area contributed by atoms with Crippen LogP contribution in [-0.2, 0) is 0 Å². The van der Waals surface area contributed by atoms with Crippen LogP contribution in [0.15, 0.2) is 168 Å². The lowest BCUT2D eigenvalue weighted by atomic mass is 9.93. The normalized spacial score (nSPS) is 12.4. The predicted octanol–water partition coefficient (Wildman–Crippen LogP) is 12.4. The van der Waals surface area contributed by atoms with E-state index in [0.717, 1.165) is 55.3 Å². The highest BCUT2D eigenvalue weighted by molar-refractivity contribution is 6.30. The summed E-state index contributed by atoms with van der Waals surface area (Å²) in [6.07, 6.45) is 0. The van der Waals surface area contributed by atoms with Gasteiger partial charge in [-0.15, -0.1) is 5.10 Å². The van der Waals surface area contributed by atoms with E-state index in [1.807, 2.05) is 34.8 Å². The first-order valence-corrected chi connectivity index (χ1v) is 18.5. The molecule has 1 aliphatic rings. The lowest BCUT2D eigenvalue weighted by molar-refractivity contribution is 0.669. The van der Waals surface area contributed by atoms with Crippen LogP contribution in [0, 0.1) is 0 Å². The molecular weight excluding hydrogens is 675 g/mol. The van der Waals surface area contributed by atoms with Crippen molar-refractivity contribution in [2.24, 2.45) is 0 Å². The maximum Gasteiger partial charge on any atom is 0.253 e. The molecule has 0 aliphatic heterocycles. The summed E-state index contributed by atoms with van der Waals surface area (Å²) >= 11 is 0. The monoisotopic (exact) mass is 701 g/mol. The van der Waals surface area contributed by atoms with E-state index < -0.39 is 0 Å². The van der Waals surface area contributed by atoms with Crippen molar-refractivity contribution in [3.05, 3.63) is 164 Å². The third-order valence-corrected chi connectivity index (χ3v) is 11.5. The number of nitrogens with zero attached hydrogens (tertiary/aromatic N) is 5.